The summed E-state index contributed by atoms with van der Waals surface area (Å²) in [6.07, 6.45) is 0.806. The standard InChI is InChI=1S/C13H15FN2O/c1-4-8-7(2)16-11-6-10(14)12(17-3)5-9(11)13(8)15/h5-6H,4H2,1-3H3,(H2,15,16). The van der Waals surface area contributed by atoms with Gasteiger partial charge in [-0.05, 0) is 25.0 Å². The van der Waals surface area contributed by atoms with Crippen molar-refractivity contribution in [3.05, 3.63) is 29.2 Å². The summed E-state index contributed by atoms with van der Waals surface area (Å²) in [6.45, 7) is 3.91. The monoisotopic (exact) mass is 234 g/mol. The molecule has 0 radical (unpaired) electrons. The Morgan fingerprint density at radius 2 is 2.12 bits per heavy atom. The third kappa shape index (κ3) is 1.79. The zero-order valence-corrected chi connectivity index (χ0v) is 10.2. The smallest absolute Gasteiger partial charge is 0.167 e. The first-order valence-corrected chi connectivity index (χ1v) is 5.50. The number of aryl methyl sites for hydroxylation is 1. The van der Waals surface area contributed by atoms with Crippen molar-refractivity contribution < 1.29 is 9.13 Å². The van der Waals surface area contributed by atoms with Crippen LogP contribution in [0.15, 0.2) is 12.1 Å². The molecule has 0 fully saturated rings. The second kappa shape index (κ2) is 4.20. The molecule has 0 unspecified atom stereocenters. The fourth-order valence-corrected chi connectivity index (χ4v) is 2.06. The summed E-state index contributed by atoms with van der Waals surface area (Å²) in [7, 11) is 1.43. The SMILES string of the molecule is CCc1c(C)nc2cc(F)c(OC)cc2c1N. The summed E-state index contributed by atoms with van der Waals surface area (Å²) < 4.78 is 18.5. The molecular formula is C13H15FN2O. The number of nitrogens with zero attached hydrogens (tertiary/aromatic N) is 1. The molecule has 0 spiro atoms. The van der Waals surface area contributed by atoms with Gasteiger partial charge in [0.2, 0.25) is 0 Å². The molecule has 2 N–H and O–H groups in total. The topological polar surface area (TPSA) is 48.1 Å². The van der Waals surface area contributed by atoms with Gasteiger partial charge in [0.1, 0.15) is 0 Å². The molecule has 1 aromatic heterocycles. The molecule has 0 atom stereocenters. The number of methoxy groups -OCH3 is 1. The summed E-state index contributed by atoms with van der Waals surface area (Å²) in [5.74, 6) is -0.229. The predicted octanol–water partition coefficient (Wildman–Crippen LogP) is 2.84. The van der Waals surface area contributed by atoms with E-state index in [9.17, 15) is 4.39 Å². The number of anilines is 1. The second-order valence-electron chi connectivity index (χ2n) is 3.95. The largest absolute Gasteiger partial charge is 0.494 e. The molecular weight excluding hydrogens is 219 g/mol. The Hall–Kier alpha value is -1.84. The summed E-state index contributed by atoms with van der Waals surface area (Å²) in [4.78, 5) is 4.37. The maximum absolute atomic E-state index is 13.6. The maximum atomic E-state index is 13.6. The van der Waals surface area contributed by atoms with Gasteiger partial charge in [-0.3, -0.25) is 4.98 Å². The van der Waals surface area contributed by atoms with Crippen LogP contribution in [-0.2, 0) is 6.42 Å². The molecule has 0 aliphatic rings. The fourth-order valence-electron chi connectivity index (χ4n) is 2.06. The molecule has 0 saturated heterocycles. The minimum Gasteiger partial charge on any atom is -0.494 e. The summed E-state index contributed by atoms with van der Waals surface area (Å²) in [5, 5.41) is 0.741. The van der Waals surface area contributed by atoms with Crippen molar-refractivity contribution in [2.75, 3.05) is 12.8 Å². The van der Waals surface area contributed by atoms with Crippen LogP contribution < -0.4 is 10.5 Å². The molecule has 0 saturated carbocycles. The van der Waals surface area contributed by atoms with Gasteiger partial charge in [-0.2, -0.15) is 0 Å². The average Bonchev–Trinajstić information content (AvgIpc) is 2.29. The van der Waals surface area contributed by atoms with Gasteiger partial charge in [-0.25, -0.2) is 4.39 Å². The van der Waals surface area contributed by atoms with Gasteiger partial charge in [0.25, 0.3) is 0 Å². The number of hydrogen-bond donors (Lipinski definition) is 1. The number of hydrogen-bond acceptors (Lipinski definition) is 3. The molecule has 0 bridgehead atoms. The number of pyridine rings is 1. The number of benzene rings is 1. The lowest BCUT2D eigenvalue weighted by Gasteiger charge is -2.12. The van der Waals surface area contributed by atoms with Crippen LogP contribution in [-0.4, -0.2) is 12.1 Å². The highest BCUT2D eigenvalue weighted by atomic mass is 19.1. The lowest BCUT2D eigenvalue weighted by Crippen LogP contribution is -2.01. The van der Waals surface area contributed by atoms with E-state index in [4.69, 9.17) is 10.5 Å². The van der Waals surface area contributed by atoms with Crippen molar-refractivity contribution in [1.29, 1.82) is 0 Å². The van der Waals surface area contributed by atoms with Crippen LogP contribution in [0.3, 0.4) is 0 Å². The molecule has 1 heterocycles. The number of fused-ring (bicyclic) bond motifs is 1. The van der Waals surface area contributed by atoms with E-state index in [0.29, 0.717) is 11.2 Å². The number of ether oxygens (including phenoxy) is 1. The van der Waals surface area contributed by atoms with E-state index in [1.54, 1.807) is 6.07 Å². The van der Waals surface area contributed by atoms with Crippen LogP contribution in [0.4, 0.5) is 10.1 Å². The normalized spacial score (nSPS) is 10.8. The van der Waals surface area contributed by atoms with Crippen molar-refractivity contribution in [1.82, 2.24) is 4.98 Å². The van der Waals surface area contributed by atoms with Crippen LogP contribution in [0.2, 0.25) is 0 Å². The van der Waals surface area contributed by atoms with Gasteiger partial charge in [0.05, 0.1) is 12.6 Å². The Labute approximate surface area is 99.4 Å². The Balaban J connectivity index is 2.83. The fraction of sp³-hybridized carbons (Fsp3) is 0.308. The average molecular weight is 234 g/mol. The molecule has 0 aliphatic carbocycles. The van der Waals surface area contributed by atoms with Gasteiger partial charge in [0, 0.05) is 22.8 Å². The van der Waals surface area contributed by atoms with Crippen molar-refractivity contribution in [3.8, 4) is 5.75 Å². The lowest BCUT2D eigenvalue weighted by molar-refractivity contribution is 0.387. The minimum absolute atomic E-state index is 0.192. The summed E-state index contributed by atoms with van der Waals surface area (Å²) >= 11 is 0. The minimum atomic E-state index is -0.421. The number of halogens is 1. The van der Waals surface area contributed by atoms with Gasteiger partial charge < -0.3 is 10.5 Å². The van der Waals surface area contributed by atoms with E-state index in [2.05, 4.69) is 4.98 Å². The molecule has 2 aromatic rings. The predicted molar refractivity (Wildman–Crippen MR) is 66.8 cm³/mol. The zero-order valence-electron chi connectivity index (χ0n) is 10.2. The highest BCUT2D eigenvalue weighted by Gasteiger charge is 2.12. The van der Waals surface area contributed by atoms with Crippen LogP contribution in [0, 0.1) is 12.7 Å². The molecule has 2 rings (SSSR count). The number of aromatic nitrogens is 1. The van der Waals surface area contributed by atoms with Gasteiger partial charge >= 0.3 is 0 Å². The maximum Gasteiger partial charge on any atom is 0.167 e. The molecule has 3 nitrogen and oxygen atoms in total. The number of nitrogen functional groups attached to an aromatic ring is 1. The van der Waals surface area contributed by atoms with Gasteiger partial charge in [0.15, 0.2) is 11.6 Å². The number of rotatable bonds is 2. The third-order valence-corrected chi connectivity index (χ3v) is 2.96. The molecule has 4 heteroatoms. The zero-order chi connectivity index (χ0) is 12.6. The molecule has 1 aromatic carbocycles. The van der Waals surface area contributed by atoms with E-state index in [0.717, 1.165) is 23.1 Å². The molecule has 0 amide bonds. The molecule has 17 heavy (non-hydrogen) atoms. The number of nitrogens with two attached hydrogens (primary N) is 1. The van der Waals surface area contributed by atoms with E-state index < -0.39 is 5.82 Å². The van der Waals surface area contributed by atoms with Crippen molar-refractivity contribution in [2.45, 2.75) is 20.3 Å². The van der Waals surface area contributed by atoms with Crippen LogP contribution in [0.25, 0.3) is 10.9 Å². The summed E-state index contributed by atoms with van der Waals surface area (Å²) in [5.41, 5.74) is 9.17. The van der Waals surface area contributed by atoms with Gasteiger partial charge in [-0.15, -0.1) is 0 Å². The van der Waals surface area contributed by atoms with Crippen LogP contribution in [0.1, 0.15) is 18.2 Å². The van der Waals surface area contributed by atoms with E-state index in [1.165, 1.54) is 13.2 Å². The van der Waals surface area contributed by atoms with Crippen LogP contribution in [0.5, 0.6) is 5.75 Å². The Bertz CT molecular complexity index is 576. The van der Waals surface area contributed by atoms with E-state index in [1.807, 2.05) is 13.8 Å². The third-order valence-electron chi connectivity index (χ3n) is 2.96. The first-order chi connectivity index (χ1) is 8.08. The van der Waals surface area contributed by atoms with E-state index >= 15 is 0 Å². The highest BCUT2D eigenvalue weighted by molar-refractivity contribution is 5.93. The van der Waals surface area contributed by atoms with Crippen LogP contribution >= 0.6 is 0 Å². The Kier molecular flexibility index (Phi) is 2.88. The Morgan fingerprint density at radius 1 is 1.41 bits per heavy atom. The first-order valence-electron chi connectivity index (χ1n) is 5.50. The molecule has 90 valence electrons. The first kappa shape index (κ1) is 11.6. The Morgan fingerprint density at radius 3 is 2.71 bits per heavy atom. The van der Waals surface area contributed by atoms with Crippen molar-refractivity contribution >= 4 is 16.6 Å². The van der Waals surface area contributed by atoms with Crippen molar-refractivity contribution in [3.63, 3.8) is 0 Å². The van der Waals surface area contributed by atoms with Crippen molar-refractivity contribution in [2.24, 2.45) is 0 Å². The highest BCUT2D eigenvalue weighted by Crippen LogP contribution is 2.30. The quantitative estimate of drug-likeness (QED) is 0.869. The molecule has 0 aliphatic heterocycles. The lowest BCUT2D eigenvalue weighted by atomic mass is 10.0. The second-order valence-corrected chi connectivity index (χ2v) is 3.95. The van der Waals surface area contributed by atoms with Gasteiger partial charge in [-0.1, -0.05) is 6.92 Å². The van der Waals surface area contributed by atoms with E-state index in [-0.39, 0.29) is 5.75 Å². The summed E-state index contributed by atoms with van der Waals surface area (Å²) in [6, 6.07) is 2.96.